The van der Waals surface area contributed by atoms with Crippen molar-refractivity contribution < 1.29 is 60.6 Å². The molecule has 0 saturated carbocycles. The molecule has 4 heterocycles. The highest BCUT2D eigenvalue weighted by atomic mass is 31.3. The fourth-order valence-electron chi connectivity index (χ4n) is 3.54. The van der Waals surface area contributed by atoms with Gasteiger partial charge in [0, 0.05) is 0 Å². The first kappa shape index (κ1) is 25.7. The van der Waals surface area contributed by atoms with E-state index >= 15 is 0 Å². The van der Waals surface area contributed by atoms with Gasteiger partial charge in [0.1, 0.15) is 30.2 Å². The number of imidazole rings is 1. The third kappa shape index (κ3) is 5.55. The third-order valence-corrected chi connectivity index (χ3v) is 8.41. The normalized spacial score (nSPS) is 30.2. The second-order valence-electron chi connectivity index (χ2n) is 7.60. The number of phosphoric acid groups is 3. The Kier molecular flexibility index (Phi) is 6.54. The Labute approximate surface area is 190 Å². The summed E-state index contributed by atoms with van der Waals surface area (Å²) in [6, 6.07) is 0. The number of rotatable bonds is 8. The molecule has 0 aromatic carbocycles. The minimum Gasteiger partial charge on any atom is -0.382 e. The van der Waals surface area contributed by atoms with E-state index in [1.165, 1.54) is 17.2 Å². The van der Waals surface area contributed by atoms with E-state index in [1.807, 2.05) is 0 Å². The molecule has 2 aliphatic heterocycles. The molecule has 190 valence electrons. The zero-order chi connectivity index (χ0) is 25.1. The van der Waals surface area contributed by atoms with Crippen LogP contribution in [0.15, 0.2) is 12.7 Å². The maximum Gasteiger partial charge on any atom is 0.490 e. The summed E-state index contributed by atoms with van der Waals surface area (Å²) < 4.78 is 65.6. The number of nitrogens with two attached hydrogens (primary N) is 1. The number of nitrogens with zero attached hydrogens (tertiary/aromatic N) is 4. The van der Waals surface area contributed by atoms with E-state index in [-0.39, 0.29) is 5.82 Å². The Morgan fingerprint density at radius 3 is 2.41 bits per heavy atom. The summed E-state index contributed by atoms with van der Waals surface area (Å²) in [7, 11) is -16.5. The van der Waals surface area contributed by atoms with Gasteiger partial charge in [0.05, 0.1) is 12.9 Å². The van der Waals surface area contributed by atoms with Crippen LogP contribution in [0.2, 0.25) is 0 Å². The first-order chi connectivity index (χ1) is 15.6. The van der Waals surface area contributed by atoms with Crippen molar-refractivity contribution in [3.05, 3.63) is 12.7 Å². The molecule has 2 aromatic heterocycles. The van der Waals surface area contributed by atoms with Gasteiger partial charge in [-0.05, 0) is 13.8 Å². The topological polar surface area (TPSA) is 257 Å². The van der Waals surface area contributed by atoms with Crippen molar-refractivity contribution >= 4 is 40.4 Å². The van der Waals surface area contributed by atoms with Crippen LogP contribution in [0.3, 0.4) is 0 Å². The van der Waals surface area contributed by atoms with Crippen LogP contribution in [-0.4, -0.2) is 69.8 Å². The molecule has 2 fully saturated rings. The molecule has 0 amide bonds. The lowest BCUT2D eigenvalue weighted by Crippen LogP contribution is -2.32. The Morgan fingerprint density at radius 2 is 1.74 bits per heavy atom. The van der Waals surface area contributed by atoms with Gasteiger partial charge >= 0.3 is 23.5 Å². The Hall–Kier alpha value is -1.36. The predicted octanol–water partition coefficient (Wildman–Crippen LogP) is 0.169. The van der Waals surface area contributed by atoms with E-state index in [2.05, 4.69) is 23.6 Å². The molecule has 6 N–H and O–H groups in total. The van der Waals surface area contributed by atoms with Gasteiger partial charge in [0.15, 0.2) is 23.5 Å². The fourth-order valence-corrected chi connectivity index (χ4v) is 6.57. The Balaban J connectivity index is 1.52. The first-order valence-electron chi connectivity index (χ1n) is 9.28. The molecule has 2 aromatic rings. The lowest BCUT2D eigenvalue weighted by atomic mass is 10.1. The minimum absolute atomic E-state index is 0.131. The molecular weight excluding hydrogens is 527 g/mol. The number of hydrogen-bond acceptors (Lipinski definition) is 13. The first-order valence-corrected chi connectivity index (χ1v) is 13.8. The maximum absolute atomic E-state index is 12.1. The van der Waals surface area contributed by atoms with Gasteiger partial charge in [-0.25, -0.2) is 28.6 Å². The van der Waals surface area contributed by atoms with Crippen LogP contribution in [0, 0.1) is 0 Å². The van der Waals surface area contributed by atoms with Gasteiger partial charge < -0.3 is 39.5 Å². The van der Waals surface area contributed by atoms with Crippen molar-refractivity contribution in [1.29, 1.82) is 0 Å². The van der Waals surface area contributed by atoms with Crippen molar-refractivity contribution in [1.82, 2.24) is 19.5 Å². The van der Waals surface area contributed by atoms with Crippen LogP contribution in [0.1, 0.15) is 20.1 Å². The maximum atomic E-state index is 12.1. The summed E-state index contributed by atoms with van der Waals surface area (Å²) in [4.78, 5) is 48.4. The highest BCUT2D eigenvalue weighted by molar-refractivity contribution is 7.66. The molecule has 4 rings (SSSR count). The van der Waals surface area contributed by atoms with E-state index < -0.39 is 60.4 Å². The van der Waals surface area contributed by atoms with Crippen molar-refractivity contribution in [2.75, 3.05) is 12.3 Å². The van der Waals surface area contributed by atoms with Crippen molar-refractivity contribution in [2.45, 2.75) is 44.2 Å². The predicted molar refractivity (Wildman–Crippen MR) is 107 cm³/mol. The molecular formula is C13H20N5O13P3. The van der Waals surface area contributed by atoms with Crippen molar-refractivity contribution in [2.24, 2.45) is 0 Å². The fraction of sp³-hybridized carbons (Fsp3) is 0.615. The van der Waals surface area contributed by atoms with Crippen LogP contribution < -0.4 is 5.73 Å². The van der Waals surface area contributed by atoms with Crippen LogP contribution in [0.25, 0.3) is 11.2 Å². The van der Waals surface area contributed by atoms with Crippen LogP contribution in [0.5, 0.6) is 0 Å². The van der Waals surface area contributed by atoms with E-state index in [4.69, 9.17) is 34.3 Å². The van der Waals surface area contributed by atoms with Crippen LogP contribution in [-0.2, 0) is 41.1 Å². The van der Waals surface area contributed by atoms with Crippen LogP contribution in [0.4, 0.5) is 5.82 Å². The number of anilines is 1. The van der Waals surface area contributed by atoms with Crippen LogP contribution >= 0.6 is 23.5 Å². The molecule has 2 saturated heterocycles. The lowest BCUT2D eigenvalue weighted by Gasteiger charge is -2.25. The summed E-state index contributed by atoms with van der Waals surface area (Å²) in [5, 5.41) is 0. The number of phosphoric ester groups is 1. The number of aromatic nitrogens is 4. The molecule has 0 spiro atoms. The number of hydrogen-bond donors (Lipinski definition) is 5. The lowest BCUT2D eigenvalue weighted by molar-refractivity contribution is -0.199. The highest BCUT2D eigenvalue weighted by Crippen LogP contribution is 2.66. The minimum atomic E-state index is -5.66. The molecule has 34 heavy (non-hydrogen) atoms. The van der Waals surface area contributed by atoms with Gasteiger partial charge in [-0.15, -0.1) is 0 Å². The molecule has 6 atom stereocenters. The Morgan fingerprint density at radius 1 is 1.06 bits per heavy atom. The molecule has 21 heteroatoms. The van der Waals surface area contributed by atoms with Gasteiger partial charge in [-0.2, -0.15) is 8.62 Å². The second-order valence-corrected chi connectivity index (χ2v) is 12.0. The van der Waals surface area contributed by atoms with Gasteiger partial charge in [0.2, 0.25) is 0 Å². The zero-order valence-corrected chi connectivity index (χ0v) is 20.0. The molecule has 2 aliphatic rings. The smallest absolute Gasteiger partial charge is 0.382 e. The summed E-state index contributed by atoms with van der Waals surface area (Å²) in [5.74, 6) is -0.941. The highest BCUT2D eigenvalue weighted by Gasteiger charge is 2.56. The van der Waals surface area contributed by atoms with Gasteiger partial charge in [0.25, 0.3) is 0 Å². The number of nitrogen functional groups attached to an aromatic ring is 1. The number of ether oxygens (including phenoxy) is 3. The van der Waals surface area contributed by atoms with E-state index in [9.17, 15) is 23.5 Å². The molecule has 0 aliphatic carbocycles. The van der Waals surface area contributed by atoms with Crippen molar-refractivity contribution in [3.63, 3.8) is 0 Å². The van der Waals surface area contributed by atoms with E-state index in [0.717, 1.165) is 0 Å². The SMILES string of the molecule is CC1(C)O[C@@H]2[C@H](O1)[C@@H](COP(=O)(O)OP(=O)(O)OP(=O)(O)O)O[C@H]2n1cnc2c(N)ncnc21. The molecule has 2 unspecified atom stereocenters. The number of fused-ring (bicyclic) bond motifs is 2. The largest absolute Gasteiger partial charge is 0.490 e. The summed E-state index contributed by atoms with van der Waals surface area (Å²) in [5.41, 5.74) is 6.43. The second kappa shape index (κ2) is 8.64. The van der Waals surface area contributed by atoms with Gasteiger partial charge in [-0.1, -0.05) is 0 Å². The average Bonchev–Trinajstić information content (AvgIpc) is 3.28. The Bertz CT molecular complexity index is 1230. The monoisotopic (exact) mass is 547 g/mol. The zero-order valence-electron chi connectivity index (χ0n) is 17.3. The standard InChI is InChI=1S/C13H20N5O13P3/c1-13(2)28-8-6(3-26-33(22,23)31-34(24,25)30-32(19,20)21)27-12(9(8)29-13)18-5-17-7-10(14)15-4-16-11(7)18/h4-6,8-9,12H,3H2,1-2H3,(H,22,23)(H,24,25)(H2,14,15,16)(H2,19,20,21)/t6-,8-,9-,12-/m1/s1. The van der Waals surface area contributed by atoms with Gasteiger partial charge in [-0.3, -0.25) is 9.09 Å². The summed E-state index contributed by atoms with van der Waals surface area (Å²) in [6.07, 6.45) is -0.970. The quantitative estimate of drug-likeness (QED) is 0.276. The van der Waals surface area contributed by atoms with E-state index in [0.29, 0.717) is 11.2 Å². The molecule has 0 radical (unpaired) electrons. The van der Waals surface area contributed by atoms with E-state index in [1.54, 1.807) is 13.8 Å². The summed E-state index contributed by atoms with van der Waals surface area (Å²) in [6.45, 7) is 2.55. The molecule has 0 bridgehead atoms. The molecule has 18 nitrogen and oxygen atoms in total. The summed E-state index contributed by atoms with van der Waals surface area (Å²) >= 11 is 0. The van der Waals surface area contributed by atoms with Crippen molar-refractivity contribution in [3.8, 4) is 0 Å². The average molecular weight is 547 g/mol. The third-order valence-electron chi connectivity index (χ3n) is 4.60.